The average Bonchev–Trinajstić information content (AvgIpc) is 2.68. The third kappa shape index (κ3) is 9.76. The van der Waals surface area contributed by atoms with Gasteiger partial charge >= 0.3 is 5.97 Å². The van der Waals surface area contributed by atoms with E-state index in [9.17, 15) is 15.0 Å². The first kappa shape index (κ1) is 23.4. The van der Waals surface area contributed by atoms with Crippen molar-refractivity contribution < 1.29 is 15.0 Å². The second kappa shape index (κ2) is 14.4. The van der Waals surface area contributed by atoms with Crippen molar-refractivity contribution in [3.05, 3.63) is 48.0 Å². The first-order chi connectivity index (χ1) is 13.1. The quantitative estimate of drug-likeness (QED) is 0.253. The zero-order valence-electron chi connectivity index (χ0n) is 17.0. The van der Waals surface area contributed by atoms with Gasteiger partial charge in [-0.25, -0.2) is 4.79 Å². The molecule has 1 aromatic carbocycles. The number of allylic oxidation sites excluding steroid dienone is 2. The molecule has 1 unspecified atom stereocenters. The number of unbranched alkanes of at least 4 members (excludes halogenated alkanes) is 10. The lowest BCUT2D eigenvalue weighted by Gasteiger charge is -2.23. The Balaban J connectivity index is 2.09. The van der Waals surface area contributed by atoms with E-state index in [2.05, 4.69) is 19.1 Å². The molecule has 0 saturated heterocycles. The van der Waals surface area contributed by atoms with Crippen LogP contribution >= 0.6 is 0 Å². The molecule has 0 bridgehead atoms. The highest BCUT2D eigenvalue weighted by Crippen LogP contribution is 2.28. The molecule has 152 valence electrons. The van der Waals surface area contributed by atoms with Crippen molar-refractivity contribution in [2.45, 2.75) is 96.0 Å². The number of aliphatic carboxylic acids is 1. The fraction of sp³-hybridized carbons (Fsp3) is 0.625. The summed E-state index contributed by atoms with van der Waals surface area (Å²) >= 11 is 0. The fourth-order valence-corrected chi connectivity index (χ4v) is 3.36. The summed E-state index contributed by atoms with van der Waals surface area (Å²) in [6, 6.07) is 8.72. The zero-order chi connectivity index (χ0) is 19.8. The van der Waals surface area contributed by atoms with Crippen LogP contribution < -0.4 is 0 Å². The summed E-state index contributed by atoms with van der Waals surface area (Å²) in [7, 11) is 0. The summed E-state index contributed by atoms with van der Waals surface area (Å²) in [5.74, 6) is -1.16. The number of rotatable bonds is 16. The van der Waals surface area contributed by atoms with E-state index in [4.69, 9.17) is 0 Å². The molecule has 1 rings (SSSR count). The van der Waals surface area contributed by atoms with Crippen molar-refractivity contribution in [3.63, 3.8) is 0 Å². The van der Waals surface area contributed by atoms with E-state index >= 15 is 0 Å². The van der Waals surface area contributed by atoms with E-state index < -0.39 is 11.6 Å². The normalized spacial score (nSPS) is 13.7. The molecule has 2 N–H and O–H groups in total. The Hall–Kier alpha value is -1.61. The third-order valence-corrected chi connectivity index (χ3v) is 5.16. The highest BCUT2D eigenvalue weighted by Gasteiger charge is 2.37. The van der Waals surface area contributed by atoms with E-state index in [1.807, 2.05) is 6.07 Å². The molecule has 0 aliphatic heterocycles. The average molecular weight is 375 g/mol. The summed E-state index contributed by atoms with van der Waals surface area (Å²) in [5, 5.41) is 20.0. The van der Waals surface area contributed by atoms with Crippen LogP contribution in [0.5, 0.6) is 0 Å². The van der Waals surface area contributed by atoms with Gasteiger partial charge in [0.1, 0.15) is 0 Å². The van der Waals surface area contributed by atoms with E-state index in [0.29, 0.717) is 5.56 Å². The summed E-state index contributed by atoms with van der Waals surface area (Å²) < 4.78 is 0. The number of carboxylic acids is 1. The Morgan fingerprint density at radius 3 is 1.93 bits per heavy atom. The minimum Gasteiger partial charge on any atom is -0.479 e. The molecule has 1 atom stereocenters. The summed E-state index contributed by atoms with van der Waals surface area (Å²) in [6.45, 7) is 2.25. The highest BCUT2D eigenvalue weighted by molar-refractivity contribution is 5.79. The lowest BCUT2D eigenvalue weighted by atomic mass is 9.88. The molecular weight excluding hydrogens is 336 g/mol. The Kier molecular flexibility index (Phi) is 12.5. The van der Waals surface area contributed by atoms with Crippen LogP contribution in [0.25, 0.3) is 0 Å². The van der Waals surface area contributed by atoms with Gasteiger partial charge < -0.3 is 10.2 Å². The molecular formula is C24H38O3. The van der Waals surface area contributed by atoms with Gasteiger partial charge in [-0.3, -0.25) is 0 Å². The SMILES string of the molecule is CCCCCCCCC=CCCCCCCC(O)(C(=O)O)c1ccccc1. The maximum atomic E-state index is 11.5. The van der Waals surface area contributed by atoms with Gasteiger partial charge in [0.15, 0.2) is 5.60 Å². The molecule has 1 aromatic rings. The van der Waals surface area contributed by atoms with Gasteiger partial charge in [0.2, 0.25) is 0 Å². The Morgan fingerprint density at radius 1 is 0.852 bits per heavy atom. The van der Waals surface area contributed by atoms with Crippen LogP contribution in [-0.2, 0) is 10.4 Å². The standard InChI is InChI=1S/C24H38O3/c1-2-3-4-5-6-7-8-9-10-11-12-13-14-18-21-24(27,23(25)26)22-19-16-15-17-20-22/h9-10,15-17,19-20,27H,2-8,11-14,18,21H2,1H3,(H,25,26). The van der Waals surface area contributed by atoms with Gasteiger partial charge in [-0.05, 0) is 44.1 Å². The first-order valence-corrected chi connectivity index (χ1v) is 10.8. The van der Waals surface area contributed by atoms with Crippen LogP contribution in [0.4, 0.5) is 0 Å². The lowest BCUT2D eigenvalue weighted by molar-refractivity contribution is -0.160. The summed E-state index contributed by atoms with van der Waals surface area (Å²) in [6.07, 6.45) is 19.1. The highest BCUT2D eigenvalue weighted by atomic mass is 16.4. The predicted octanol–water partition coefficient (Wildman–Crippen LogP) is 6.61. The molecule has 0 fully saturated rings. The smallest absolute Gasteiger partial charge is 0.340 e. The van der Waals surface area contributed by atoms with Gasteiger partial charge in [-0.1, -0.05) is 94.4 Å². The van der Waals surface area contributed by atoms with Crippen molar-refractivity contribution in [3.8, 4) is 0 Å². The number of carboxylic acid groups (broad SMARTS) is 1. The van der Waals surface area contributed by atoms with Crippen LogP contribution in [0.1, 0.15) is 96.0 Å². The molecule has 0 radical (unpaired) electrons. The number of benzene rings is 1. The molecule has 3 heteroatoms. The largest absolute Gasteiger partial charge is 0.479 e. The molecule has 0 saturated carbocycles. The monoisotopic (exact) mass is 374 g/mol. The van der Waals surface area contributed by atoms with Crippen molar-refractivity contribution in [1.29, 1.82) is 0 Å². The lowest BCUT2D eigenvalue weighted by Crippen LogP contribution is -2.35. The Bertz CT molecular complexity index is 524. The minimum atomic E-state index is -1.77. The van der Waals surface area contributed by atoms with Crippen molar-refractivity contribution in [1.82, 2.24) is 0 Å². The van der Waals surface area contributed by atoms with Crippen LogP contribution in [0.15, 0.2) is 42.5 Å². The van der Waals surface area contributed by atoms with Gasteiger partial charge in [-0.2, -0.15) is 0 Å². The maximum Gasteiger partial charge on any atom is 0.340 e. The number of carbonyl (C=O) groups is 1. The topological polar surface area (TPSA) is 57.5 Å². The molecule has 0 aliphatic rings. The molecule has 0 aliphatic carbocycles. The second-order valence-electron chi connectivity index (χ2n) is 7.51. The number of hydrogen-bond donors (Lipinski definition) is 2. The first-order valence-electron chi connectivity index (χ1n) is 10.8. The molecule has 27 heavy (non-hydrogen) atoms. The second-order valence-corrected chi connectivity index (χ2v) is 7.51. The van der Waals surface area contributed by atoms with Crippen LogP contribution in [0, 0.1) is 0 Å². The van der Waals surface area contributed by atoms with Gasteiger partial charge in [-0.15, -0.1) is 0 Å². The fourth-order valence-electron chi connectivity index (χ4n) is 3.36. The maximum absolute atomic E-state index is 11.5. The number of hydrogen-bond acceptors (Lipinski definition) is 2. The van der Waals surface area contributed by atoms with Crippen molar-refractivity contribution in [2.24, 2.45) is 0 Å². The molecule has 0 aromatic heterocycles. The molecule has 0 spiro atoms. The van der Waals surface area contributed by atoms with Crippen molar-refractivity contribution >= 4 is 5.97 Å². The van der Waals surface area contributed by atoms with Crippen LogP contribution in [0.2, 0.25) is 0 Å². The van der Waals surface area contributed by atoms with Crippen LogP contribution in [-0.4, -0.2) is 16.2 Å². The Labute approximate surface area is 165 Å². The van der Waals surface area contributed by atoms with Crippen LogP contribution in [0.3, 0.4) is 0 Å². The van der Waals surface area contributed by atoms with Gasteiger partial charge in [0.05, 0.1) is 0 Å². The van der Waals surface area contributed by atoms with E-state index in [-0.39, 0.29) is 6.42 Å². The summed E-state index contributed by atoms with van der Waals surface area (Å²) in [5.41, 5.74) is -1.30. The van der Waals surface area contributed by atoms with E-state index in [1.165, 1.54) is 44.9 Å². The Morgan fingerprint density at radius 2 is 1.37 bits per heavy atom. The van der Waals surface area contributed by atoms with E-state index in [0.717, 1.165) is 32.1 Å². The summed E-state index contributed by atoms with van der Waals surface area (Å²) in [4.78, 5) is 11.5. The van der Waals surface area contributed by atoms with E-state index in [1.54, 1.807) is 24.3 Å². The zero-order valence-corrected chi connectivity index (χ0v) is 17.0. The van der Waals surface area contributed by atoms with Gasteiger partial charge in [0, 0.05) is 0 Å². The number of aliphatic hydroxyl groups is 1. The molecule has 3 nitrogen and oxygen atoms in total. The third-order valence-electron chi connectivity index (χ3n) is 5.16. The molecule has 0 heterocycles. The predicted molar refractivity (Wildman–Crippen MR) is 113 cm³/mol. The van der Waals surface area contributed by atoms with Crippen molar-refractivity contribution in [2.75, 3.05) is 0 Å². The molecule has 0 amide bonds. The minimum absolute atomic E-state index is 0.264. The van der Waals surface area contributed by atoms with Gasteiger partial charge in [0.25, 0.3) is 0 Å².